The quantitative estimate of drug-likeness (QED) is 0.832. The van der Waals surface area contributed by atoms with Crippen LogP contribution in [0.4, 0.5) is 0 Å². The van der Waals surface area contributed by atoms with Crippen LogP contribution in [-0.4, -0.2) is 15.0 Å². The standard InChI is InChI=1S/C11H20N2O2S2/c1-4-8(2)6-13-17(14,15)11-9(3)7-16-10(11)5-12/h7-8,13H,4-6,12H2,1-3H3. The first-order valence-corrected chi connectivity index (χ1v) is 8.05. The molecule has 1 unspecified atom stereocenters. The van der Waals surface area contributed by atoms with Crippen molar-refractivity contribution in [3.63, 3.8) is 0 Å². The summed E-state index contributed by atoms with van der Waals surface area (Å²) in [6.07, 6.45) is 0.953. The summed E-state index contributed by atoms with van der Waals surface area (Å²) in [5.74, 6) is 0.338. The van der Waals surface area contributed by atoms with Crippen LogP contribution in [0.2, 0.25) is 0 Å². The predicted octanol–water partition coefficient (Wildman–Crippen LogP) is 1.84. The van der Waals surface area contributed by atoms with Crippen molar-refractivity contribution in [3.05, 3.63) is 15.8 Å². The van der Waals surface area contributed by atoms with Gasteiger partial charge in [-0.05, 0) is 23.8 Å². The molecule has 0 spiro atoms. The summed E-state index contributed by atoms with van der Waals surface area (Å²) in [6.45, 7) is 6.59. The van der Waals surface area contributed by atoms with Crippen molar-refractivity contribution in [1.29, 1.82) is 0 Å². The molecule has 4 nitrogen and oxygen atoms in total. The zero-order chi connectivity index (χ0) is 13.1. The predicted molar refractivity (Wildman–Crippen MR) is 71.6 cm³/mol. The number of hydrogen-bond donors (Lipinski definition) is 2. The Morgan fingerprint density at radius 3 is 2.71 bits per heavy atom. The fourth-order valence-electron chi connectivity index (χ4n) is 1.46. The molecule has 1 rings (SSSR count). The Hall–Kier alpha value is -0.430. The van der Waals surface area contributed by atoms with Crippen molar-refractivity contribution < 1.29 is 8.42 Å². The highest BCUT2D eigenvalue weighted by atomic mass is 32.2. The molecule has 0 amide bonds. The van der Waals surface area contributed by atoms with Gasteiger partial charge in [0.05, 0.1) is 0 Å². The monoisotopic (exact) mass is 276 g/mol. The number of rotatable bonds is 6. The van der Waals surface area contributed by atoms with E-state index < -0.39 is 10.0 Å². The largest absolute Gasteiger partial charge is 0.326 e. The summed E-state index contributed by atoms with van der Waals surface area (Å²) in [5.41, 5.74) is 6.33. The summed E-state index contributed by atoms with van der Waals surface area (Å²) in [7, 11) is -3.42. The number of nitrogens with one attached hydrogen (secondary N) is 1. The first-order valence-electron chi connectivity index (χ1n) is 5.69. The minimum Gasteiger partial charge on any atom is -0.326 e. The van der Waals surface area contributed by atoms with Gasteiger partial charge in [-0.3, -0.25) is 0 Å². The molecule has 0 aromatic carbocycles. The van der Waals surface area contributed by atoms with Crippen molar-refractivity contribution in [3.8, 4) is 0 Å². The van der Waals surface area contributed by atoms with Crippen LogP contribution in [0.1, 0.15) is 30.7 Å². The molecule has 6 heteroatoms. The van der Waals surface area contributed by atoms with Crippen LogP contribution in [0, 0.1) is 12.8 Å². The van der Waals surface area contributed by atoms with Crippen LogP contribution in [-0.2, 0) is 16.6 Å². The van der Waals surface area contributed by atoms with E-state index in [0.29, 0.717) is 17.4 Å². The number of thiophene rings is 1. The fraction of sp³-hybridized carbons (Fsp3) is 0.636. The van der Waals surface area contributed by atoms with Crippen LogP contribution in [0.5, 0.6) is 0 Å². The van der Waals surface area contributed by atoms with E-state index in [4.69, 9.17) is 5.73 Å². The van der Waals surface area contributed by atoms with Crippen molar-refractivity contribution in [2.24, 2.45) is 11.7 Å². The van der Waals surface area contributed by atoms with Crippen LogP contribution in [0.15, 0.2) is 10.3 Å². The molecule has 98 valence electrons. The minimum atomic E-state index is -3.42. The van der Waals surface area contributed by atoms with Gasteiger partial charge >= 0.3 is 0 Å². The minimum absolute atomic E-state index is 0.262. The van der Waals surface area contributed by atoms with E-state index >= 15 is 0 Å². The Kier molecular flexibility index (Phi) is 5.12. The van der Waals surface area contributed by atoms with Crippen LogP contribution in [0.3, 0.4) is 0 Å². The average molecular weight is 276 g/mol. The lowest BCUT2D eigenvalue weighted by molar-refractivity contribution is 0.528. The second kappa shape index (κ2) is 5.95. The summed E-state index contributed by atoms with van der Waals surface area (Å²) in [4.78, 5) is 1.09. The van der Waals surface area contributed by atoms with Crippen LogP contribution < -0.4 is 10.5 Å². The van der Waals surface area contributed by atoms with Gasteiger partial charge in [0, 0.05) is 18.0 Å². The first-order chi connectivity index (χ1) is 7.92. The lowest BCUT2D eigenvalue weighted by atomic mass is 10.1. The van der Waals surface area contributed by atoms with Crippen molar-refractivity contribution >= 4 is 21.4 Å². The van der Waals surface area contributed by atoms with Gasteiger partial charge in [0.15, 0.2) is 0 Å². The molecule has 0 saturated heterocycles. The summed E-state index contributed by atoms with van der Waals surface area (Å²) in [6, 6.07) is 0. The molecule has 1 aromatic heterocycles. The zero-order valence-corrected chi connectivity index (χ0v) is 12.1. The molecule has 0 bridgehead atoms. The number of hydrogen-bond acceptors (Lipinski definition) is 4. The molecule has 0 fully saturated rings. The molecule has 17 heavy (non-hydrogen) atoms. The summed E-state index contributed by atoms with van der Waals surface area (Å²) in [5, 5.41) is 1.83. The van der Waals surface area contributed by atoms with Gasteiger partial charge in [0.1, 0.15) is 4.90 Å². The van der Waals surface area contributed by atoms with E-state index in [1.54, 1.807) is 6.92 Å². The van der Waals surface area contributed by atoms with Gasteiger partial charge in [-0.25, -0.2) is 13.1 Å². The fourth-order valence-corrected chi connectivity index (χ4v) is 4.32. The molecule has 0 aliphatic carbocycles. The first kappa shape index (κ1) is 14.6. The molecular weight excluding hydrogens is 256 g/mol. The number of sulfonamides is 1. The highest BCUT2D eigenvalue weighted by Crippen LogP contribution is 2.26. The Balaban J connectivity index is 2.93. The highest BCUT2D eigenvalue weighted by molar-refractivity contribution is 7.89. The normalized spacial score (nSPS) is 13.9. The van der Waals surface area contributed by atoms with E-state index in [0.717, 1.165) is 16.9 Å². The van der Waals surface area contributed by atoms with Crippen LogP contribution >= 0.6 is 11.3 Å². The molecule has 0 radical (unpaired) electrons. The number of nitrogens with two attached hydrogens (primary N) is 1. The maximum atomic E-state index is 12.2. The van der Waals surface area contributed by atoms with E-state index in [9.17, 15) is 8.42 Å². The van der Waals surface area contributed by atoms with Gasteiger partial charge in [-0.1, -0.05) is 20.3 Å². The van der Waals surface area contributed by atoms with Crippen LogP contribution in [0.25, 0.3) is 0 Å². The maximum absolute atomic E-state index is 12.2. The smallest absolute Gasteiger partial charge is 0.241 e. The van der Waals surface area contributed by atoms with E-state index in [1.807, 2.05) is 19.2 Å². The Bertz CT molecular complexity index is 466. The molecular formula is C11H20N2O2S2. The lowest BCUT2D eigenvalue weighted by Gasteiger charge is -2.11. The van der Waals surface area contributed by atoms with E-state index in [2.05, 4.69) is 4.72 Å². The maximum Gasteiger partial charge on any atom is 0.241 e. The molecule has 0 aliphatic rings. The zero-order valence-electron chi connectivity index (χ0n) is 10.5. The van der Waals surface area contributed by atoms with Gasteiger partial charge in [0.2, 0.25) is 10.0 Å². The highest BCUT2D eigenvalue weighted by Gasteiger charge is 2.22. The Labute approximate surface area is 107 Å². The molecule has 1 heterocycles. The third-order valence-electron chi connectivity index (χ3n) is 2.76. The van der Waals surface area contributed by atoms with Gasteiger partial charge < -0.3 is 5.73 Å². The van der Waals surface area contributed by atoms with Crippen molar-refractivity contribution in [1.82, 2.24) is 4.72 Å². The van der Waals surface area contributed by atoms with Crippen molar-refractivity contribution in [2.75, 3.05) is 6.54 Å². The summed E-state index contributed by atoms with van der Waals surface area (Å²) >= 11 is 1.40. The lowest BCUT2D eigenvalue weighted by Crippen LogP contribution is -2.29. The summed E-state index contributed by atoms with van der Waals surface area (Å²) < 4.78 is 27.0. The third-order valence-corrected chi connectivity index (χ3v) is 5.67. The molecule has 0 aliphatic heterocycles. The Morgan fingerprint density at radius 1 is 1.53 bits per heavy atom. The molecule has 3 N–H and O–H groups in total. The third kappa shape index (κ3) is 3.51. The number of aryl methyl sites for hydroxylation is 1. The van der Waals surface area contributed by atoms with Crippen molar-refractivity contribution in [2.45, 2.75) is 38.6 Å². The van der Waals surface area contributed by atoms with Gasteiger partial charge in [0.25, 0.3) is 0 Å². The second-order valence-corrected chi connectivity index (χ2v) is 6.91. The SMILES string of the molecule is CCC(C)CNS(=O)(=O)c1c(C)csc1CN. The van der Waals surface area contributed by atoms with Gasteiger partial charge in [-0.2, -0.15) is 0 Å². The molecule has 1 aromatic rings. The van der Waals surface area contributed by atoms with Gasteiger partial charge in [-0.15, -0.1) is 11.3 Å². The van der Waals surface area contributed by atoms with E-state index in [1.165, 1.54) is 11.3 Å². The molecule has 0 saturated carbocycles. The average Bonchev–Trinajstić information content (AvgIpc) is 2.68. The van der Waals surface area contributed by atoms with E-state index in [-0.39, 0.29) is 6.54 Å². The molecule has 1 atom stereocenters. The second-order valence-electron chi connectivity index (χ2n) is 4.24. The topological polar surface area (TPSA) is 72.2 Å². The Morgan fingerprint density at radius 2 is 2.18 bits per heavy atom.